The molecule has 0 aliphatic heterocycles. The number of thioether (sulfide) groups is 1. The number of benzene rings is 2. The molecule has 0 spiro atoms. The molecule has 0 amide bonds. The monoisotopic (exact) mass is 362 g/mol. The molecule has 1 aliphatic carbocycles. The van der Waals surface area contributed by atoms with Crippen molar-refractivity contribution in [2.24, 2.45) is 0 Å². The van der Waals surface area contributed by atoms with Gasteiger partial charge in [0.2, 0.25) is 5.95 Å². The maximum Gasteiger partial charge on any atom is 1.00 e. The van der Waals surface area contributed by atoms with E-state index in [0.29, 0.717) is 11.1 Å². The molecule has 2 aromatic carbocycles. The van der Waals surface area contributed by atoms with Gasteiger partial charge in [-0.15, -0.1) is 10.2 Å². The second-order valence-corrected chi connectivity index (χ2v) is 6.77. The van der Waals surface area contributed by atoms with Crippen LogP contribution in [0.25, 0.3) is 16.5 Å². The van der Waals surface area contributed by atoms with E-state index in [-0.39, 0.29) is 41.3 Å². The molecule has 0 unspecified atom stereocenters. The number of carboxylic acid groups (broad SMARTS) is 1. The molecular weight excluding hydrogens is 347 g/mol. The predicted molar refractivity (Wildman–Crippen MR) is 91.0 cm³/mol. The van der Waals surface area contributed by atoms with Gasteiger partial charge in [0.15, 0.2) is 5.16 Å². The molecule has 1 saturated carbocycles. The number of nitrogens with two attached hydrogens (primary N) is 1. The van der Waals surface area contributed by atoms with Gasteiger partial charge in [-0.25, -0.2) is 0 Å². The standard InChI is InChI=1S/C17H16N4O2S.Na/c18-16-19-20-17(24-9-15(22)23)21(16)14-8-7-11(10-5-6-10)12-3-1-2-4-13(12)14;/h1-4,7-8,10H,5-6,9H2,(H2,18,19)(H,22,23);/q;+1/p-1. The SMILES string of the molecule is Nc1nnc(SCC(=O)[O-])n1-c1ccc(C2CC2)c2ccccc12.[Na+]. The van der Waals surface area contributed by atoms with Gasteiger partial charge in [-0.05, 0) is 35.8 Å². The van der Waals surface area contributed by atoms with Crippen LogP contribution in [0.3, 0.4) is 0 Å². The van der Waals surface area contributed by atoms with E-state index in [0.717, 1.165) is 22.8 Å². The zero-order chi connectivity index (χ0) is 16.7. The average Bonchev–Trinajstić information content (AvgIpc) is 3.35. The third-order valence-corrected chi connectivity index (χ3v) is 5.07. The zero-order valence-corrected chi connectivity index (χ0v) is 16.6. The van der Waals surface area contributed by atoms with E-state index in [4.69, 9.17) is 5.73 Å². The van der Waals surface area contributed by atoms with Crippen LogP contribution in [0.5, 0.6) is 0 Å². The van der Waals surface area contributed by atoms with Crippen molar-refractivity contribution in [1.82, 2.24) is 14.8 Å². The summed E-state index contributed by atoms with van der Waals surface area (Å²) in [6, 6.07) is 12.3. The third kappa shape index (κ3) is 3.55. The fourth-order valence-electron chi connectivity index (χ4n) is 2.98. The van der Waals surface area contributed by atoms with Gasteiger partial charge in [0.1, 0.15) is 0 Å². The predicted octanol–water partition coefficient (Wildman–Crippen LogP) is -1.27. The normalized spacial score (nSPS) is 13.6. The first-order valence-electron chi connectivity index (χ1n) is 7.70. The van der Waals surface area contributed by atoms with Gasteiger partial charge >= 0.3 is 29.6 Å². The summed E-state index contributed by atoms with van der Waals surface area (Å²) in [5, 5.41) is 21.4. The fourth-order valence-corrected chi connectivity index (χ4v) is 3.64. The number of anilines is 1. The van der Waals surface area contributed by atoms with Gasteiger partial charge in [-0.3, -0.25) is 4.57 Å². The minimum atomic E-state index is -1.15. The van der Waals surface area contributed by atoms with Crippen LogP contribution >= 0.6 is 11.8 Å². The molecule has 3 aromatic rings. The number of fused-ring (bicyclic) bond motifs is 1. The van der Waals surface area contributed by atoms with Crippen molar-refractivity contribution < 1.29 is 39.5 Å². The van der Waals surface area contributed by atoms with E-state index in [1.54, 1.807) is 4.57 Å². The number of carbonyl (C=O) groups excluding carboxylic acids is 1. The molecular formula is C17H15N4NaO2S. The summed E-state index contributed by atoms with van der Waals surface area (Å²) >= 11 is 1.05. The Kier molecular flexibility index (Phi) is 5.38. The van der Waals surface area contributed by atoms with E-state index in [1.807, 2.05) is 24.3 Å². The quantitative estimate of drug-likeness (QED) is 0.449. The maximum atomic E-state index is 10.7. The van der Waals surface area contributed by atoms with Crippen molar-refractivity contribution in [3.63, 3.8) is 0 Å². The van der Waals surface area contributed by atoms with Gasteiger partial charge in [0, 0.05) is 11.1 Å². The van der Waals surface area contributed by atoms with Crippen molar-refractivity contribution in [2.45, 2.75) is 23.9 Å². The summed E-state index contributed by atoms with van der Waals surface area (Å²) in [6.07, 6.45) is 2.45. The number of nitrogens with zero attached hydrogens (tertiary/aromatic N) is 3. The molecule has 0 saturated heterocycles. The molecule has 0 atom stereocenters. The molecule has 2 N–H and O–H groups in total. The van der Waals surface area contributed by atoms with Crippen LogP contribution in [0, 0.1) is 0 Å². The summed E-state index contributed by atoms with van der Waals surface area (Å²) in [4.78, 5) is 10.7. The van der Waals surface area contributed by atoms with E-state index >= 15 is 0 Å². The zero-order valence-electron chi connectivity index (χ0n) is 13.8. The number of carbonyl (C=O) groups is 1. The minimum absolute atomic E-state index is 0. The molecule has 6 nitrogen and oxygen atoms in total. The summed E-state index contributed by atoms with van der Waals surface area (Å²) < 4.78 is 1.70. The first-order chi connectivity index (χ1) is 11.6. The Labute approximate surface area is 171 Å². The summed E-state index contributed by atoms with van der Waals surface area (Å²) in [6.45, 7) is 0. The molecule has 1 heterocycles. The molecule has 1 aliphatic rings. The first-order valence-corrected chi connectivity index (χ1v) is 8.69. The van der Waals surface area contributed by atoms with Crippen molar-refractivity contribution in [1.29, 1.82) is 0 Å². The van der Waals surface area contributed by atoms with Crippen LogP contribution in [0.2, 0.25) is 0 Å². The van der Waals surface area contributed by atoms with Crippen LogP contribution in [0.4, 0.5) is 5.95 Å². The van der Waals surface area contributed by atoms with Crippen LogP contribution in [0.1, 0.15) is 24.3 Å². The number of aromatic nitrogens is 3. The third-order valence-electron chi connectivity index (χ3n) is 4.17. The van der Waals surface area contributed by atoms with Crippen molar-refractivity contribution in [3.8, 4) is 5.69 Å². The van der Waals surface area contributed by atoms with Crippen LogP contribution < -0.4 is 40.4 Å². The summed E-state index contributed by atoms with van der Waals surface area (Å²) in [5.41, 5.74) is 8.21. The van der Waals surface area contributed by atoms with Crippen LogP contribution in [-0.4, -0.2) is 26.5 Å². The van der Waals surface area contributed by atoms with E-state index in [1.165, 1.54) is 23.8 Å². The Morgan fingerprint density at radius 3 is 2.60 bits per heavy atom. The smallest absolute Gasteiger partial charge is 0.549 e. The molecule has 1 aromatic heterocycles. The van der Waals surface area contributed by atoms with Crippen LogP contribution in [0.15, 0.2) is 41.6 Å². The Balaban J connectivity index is 0.00000182. The van der Waals surface area contributed by atoms with E-state index in [9.17, 15) is 9.90 Å². The second kappa shape index (κ2) is 7.37. The number of aliphatic carboxylic acids is 1. The van der Waals surface area contributed by atoms with Crippen molar-refractivity contribution in [2.75, 3.05) is 11.5 Å². The Hall–Kier alpha value is -1.54. The Bertz CT molecular complexity index is 940. The minimum Gasteiger partial charge on any atom is -0.549 e. The molecule has 4 rings (SSSR count). The molecule has 8 heteroatoms. The Morgan fingerprint density at radius 1 is 1.20 bits per heavy atom. The molecule has 0 radical (unpaired) electrons. The number of hydrogen-bond donors (Lipinski definition) is 1. The number of rotatable bonds is 5. The fraction of sp³-hybridized carbons (Fsp3) is 0.235. The van der Waals surface area contributed by atoms with Gasteiger partial charge in [0.05, 0.1) is 11.7 Å². The van der Waals surface area contributed by atoms with Crippen molar-refractivity contribution >= 4 is 34.5 Å². The summed E-state index contributed by atoms with van der Waals surface area (Å²) in [5.74, 6) is -0.479. The molecule has 1 fully saturated rings. The van der Waals surface area contributed by atoms with E-state index < -0.39 is 5.97 Å². The Morgan fingerprint density at radius 2 is 1.92 bits per heavy atom. The van der Waals surface area contributed by atoms with Gasteiger partial charge in [0.25, 0.3) is 0 Å². The summed E-state index contributed by atoms with van der Waals surface area (Å²) in [7, 11) is 0. The van der Waals surface area contributed by atoms with Gasteiger partial charge < -0.3 is 15.6 Å². The van der Waals surface area contributed by atoms with E-state index in [2.05, 4.69) is 22.3 Å². The molecule has 25 heavy (non-hydrogen) atoms. The van der Waals surface area contributed by atoms with Gasteiger partial charge in [-0.1, -0.05) is 42.1 Å². The van der Waals surface area contributed by atoms with Crippen molar-refractivity contribution in [3.05, 3.63) is 42.0 Å². The van der Waals surface area contributed by atoms with Crippen LogP contribution in [-0.2, 0) is 4.79 Å². The van der Waals surface area contributed by atoms with Gasteiger partial charge in [-0.2, -0.15) is 0 Å². The maximum absolute atomic E-state index is 10.7. The molecule has 122 valence electrons. The molecule has 0 bridgehead atoms. The average molecular weight is 362 g/mol. The number of hydrogen-bond acceptors (Lipinski definition) is 6. The first kappa shape index (κ1) is 18.3. The number of nitrogen functional groups attached to an aromatic ring is 1. The topological polar surface area (TPSA) is 96.9 Å². The largest absolute Gasteiger partial charge is 1.00 e. The number of carboxylic acids is 1. The second-order valence-electron chi connectivity index (χ2n) is 5.83.